The first-order valence-electron chi connectivity index (χ1n) is 4.41. The first-order chi connectivity index (χ1) is 4.88. The topological polar surface area (TPSA) is 0 Å². The van der Waals surface area contributed by atoms with Crippen molar-refractivity contribution in [2.45, 2.75) is 45.8 Å². The van der Waals surface area contributed by atoms with E-state index < -0.39 is 7.38 Å². The van der Waals surface area contributed by atoms with Gasteiger partial charge in [-0.15, -0.1) is 0 Å². The Balaban J connectivity index is 3.96. The van der Waals surface area contributed by atoms with Crippen LogP contribution in [0, 0.1) is 12.3 Å². The van der Waals surface area contributed by atoms with E-state index in [0.29, 0.717) is 11.5 Å². The molecule has 0 aromatic rings. The molecule has 0 aromatic carbocycles. The Morgan fingerprint density at radius 2 is 1.82 bits per heavy atom. The van der Waals surface area contributed by atoms with Gasteiger partial charge >= 0.3 is 0 Å². The normalized spacial score (nSPS) is 15.5. The molecule has 0 aliphatic heterocycles. The molecule has 0 saturated heterocycles. The van der Waals surface area contributed by atoms with Crippen LogP contribution in [0.25, 0.3) is 0 Å². The smallest absolute Gasteiger partial charge is 0.153 e. The molecule has 1 unspecified atom stereocenters. The molecule has 0 spiro atoms. The van der Waals surface area contributed by atoms with Crippen molar-refractivity contribution in [1.29, 1.82) is 0 Å². The Labute approximate surface area is 77.0 Å². The largest absolute Gasteiger partial charge is 0.167 e. The summed E-state index contributed by atoms with van der Waals surface area (Å²) in [6.45, 7) is 11.1. The highest BCUT2D eigenvalue weighted by molar-refractivity contribution is 7.19. The van der Waals surface area contributed by atoms with Crippen LogP contribution in [0.5, 0.6) is 0 Å². The van der Waals surface area contributed by atoms with Crippen molar-refractivity contribution in [3.63, 3.8) is 0 Å². The zero-order valence-corrected chi connectivity index (χ0v) is 10.1. The van der Waals surface area contributed by atoms with E-state index in [1.54, 1.807) is 0 Å². The Hall–Kier alpha value is 0.507. The van der Waals surface area contributed by atoms with Crippen LogP contribution < -0.4 is 0 Å². The molecule has 0 heterocycles. The summed E-state index contributed by atoms with van der Waals surface area (Å²) in [6, 6.07) is 0. The molecular weight excluding hydrogens is 172 g/mol. The fourth-order valence-corrected chi connectivity index (χ4v) is 3.81. The van der Waals surface area contributed by atoms with Gasteiger partial charge in [0, 0.05) is 0 Å². The molecule has 0 N–H and O–H groups in total. The van der Waals surface area contributed by atoms with E-state index >= 15 is 0 Å². The number of rotatable bonds is 4. The van der Waals surface area contributed by atoms with Crippen molar-refractivity contribution in [3.8, 4) is 0 Å². The van der Waals surface area contributed by atoms with Gasteiger partial charge in [-0.05, 0) is 17.9 Å². The summed E-state index contributed by atoms with van der Waals surface area (Å²) < 4.78 is 0. The van der Waals surface area contributed by atoms with Gasteiger partial charge in [0.2, 0.25) is 0 Å². The fourth-order valence-electron chi connectivity index (χ4n) is 1.31. The highest BCUT2D eigenvalue weighted by atomic mass is 35.6. The summed E-state index contributed by atoms with van der Waals surface area (Å²) in [7, 11) is -1.43. The minimum Gasteiger partial charge on any atom is -0.167 e. The SMILES string of the molecule is CCC([CH]C(C)C)[Si](C)(C)Cl. The van der Waals surface area contributed by atoms with Crippen LogP contribution in [0.2, 0.25) is 18.6 Å². The van der Waals surface area contributed by atoms with Gasteiger partial charge in [-0.1, -0.05) is 40.3 Å². The monoisotopic (exact) mass is 191 g/mol. The average molecular weight is 192 g/mol. The molecule has 0 rings (SSSR count). The Morgan fingerprint density at radius 3 is 1.91 bits per heavy atom. The van der Waals surface area contributed by atoms with Gasteiger partial charge < -0.3 is 0 Å². The maximum atomic E-state index is 6.35. The third-order valence-electron chi connectivity index (χ3n) is 1.94. The lowest BCUT2D eigenvalue weighted by molar-refractivity contribution is 0.682. The Bertz CT molecular complexity index is 105. The standard InChI is InChI=1S/C9H20ClSi/c1-6-9(7-8(2)3)11(4,5)10/h7-9H,6H2,1-5H3. The quantitative estimate of drug-likeness (QED) is 0.464. The second-order valence-electron chi connectivity index (χ2n) is 4.02. The van der Waals surface area contributed by atoms with Gasteiger partial charge in [-0.3, -0.25) is 0 Å². The number of hydrogen-bond donors (Lipinski definition) is 0. The van der Waals surface area contributed by atoms with Crippen molar-refractivity contribution in [3.05, 3.63) is 6.42 Å². The molecule has 67 valence electrons. The summed E-state index contributed by atoms with van der Waals surface area (Å²) in [5.41, 5.74) is 0.671. The molecule has 0 aromatic heterocycles. The van der Waals surface area contributed by atoms with Crippen molar-refractivity contribution >= 4 is 18.5 Å². The van der Waals surface area contributed by atoms with Gasteiger partial charge in [0.05, 0.1) is 0 Å². The van der Waals surface area contributed by atoms with E-state index in [1.807, 2.05) is 0 Å². The van der Waals surface area contributed by atoms with Crippen LogP contribution in [-0.4, -0.2) is 7.38 Å². The molecule has 0 fully saturated rings. The predicted molar refractivity (Wildman–Crippen MR) is 56.5 cm³/mol. The van der Waals surface area contributed by atoms with E-state index in [4.69, 9.17) is 11.1 Å². The zero-order chi connectivity index (χ0) is 9.07. The molecule has 0 nitrogen and oxygen atoms in total. The van der Waals surface area contributed by atoms with Crippen LogP contribution in [0.1, 0.15) is 27.2 Å². The number of halogens is 1. The summed E-state index contributed by atoms with van der Waals surface area (Å²) in [6.07, 6.45) is 3.60. The molecule has 0 amide bonds. The molecular formula is C9H20ClSi. The second-order valence-corrected chi connectivity index (χ2v) is 10.8. The van der Waals surface area contributed by atoms with Gasteiger partial charge in [0.1, 0.15) is 0 Å². The molecule has 0 aliphatic carbocycles. The second kappa shape index (κ2) is 4.51. The summed E-state index contributed by atoms with van der Waals surface area (Å²) >= 11 is 6.35. The number of hydrogen-bond acceptors (Lipinski definition) is 0. The molecule has 11 heavy (non-hydrogen) atoms. The average Bonchev–Trinajstić information content (AvgIpc) is 1.79. The van der Waals surface area contributed by atoms with Gasteiger partial charge in [-0.25, -0.2) is 0 Å². The van der Waals surface area contributed by atoms with Crippen LogP contribution in [0.15, 0.2) is 0 Å². The molecule has 0 aliphatic rings. The fraction of sp³-hybridized carbons (Fsp3) is 0.889. The highest BCUT2D eigenvalue weighted by Gasteiger charge is 2.28. The Morgan fingerprint density at radius 1 is 1.36 bits per heavy atom. The lowest BCUT2D eigenvalue weighted by Crippen LogP contribution is -2.26. The van der Waals surface area contributed by atoms with Gasteiger partial charge in [0.15, 0.2) is 7.38 Å². The lowest BCUT2D eigenvalue weighted by atomic mass is 10.1. The minimum atomic E-state index is -1.43. The van der Waals surface area contributed by atoms with Gasteiger partial charge in [0.25, 0.3) is 0 Å². The van der Waals surface area contributed by atoms with E-state index in [0.717, 1.165) is 0 Å². The third kappa shape index (κ3) is 4.86. The van der Waals surface area contributed by atoms with Crippen molar-refractivity contribution in [1.82, 2.24) is 0 Å². The van der Waals surface area contributed by atoms with E-state index in [1.165, 1.54) is 6.42 Å². The van der Waals surface area contributed by atoms with Crippen LogP contribution in [0.3, 0.4) is 0 Å². The van der Waals surface area contributed by atoms with Gasteiger partial charge in [-0.2, -0.15) is 11.1 Å². The van der Waals surface area contributed by atoms with E-state index in [9.17, 15) is 0 Å². The lowest BCUT2D eigenvalue weighted by Gasteiger charge is -2.26. The van der Waals surface area contributed by atoms with Crippen molar-refractivity contribution < 1.29 is 0 Å². The maximum Gasteiger partial charge on any atom is 0.153 e. The maximum absolute atomic E-state index is 6.35. The van der Waals surface area contributed by atoms with E-state index in [-0.39, 0.29) is 0 Å². The minimum absolute atomic E-state index is 0.671. The molecule has 0 saturated carbocycles. The first kappa shape index (κ1) is 11.5. The predicted octanol–water partition coefficient (Wildman–Crippen LogP) is 4.07. The van der Waals surface area contributed by atoms with E-state index in [2.05, 4.69) is 40.3 Å². The first-order valence-corrected chi connectivity index (χ1v) is 8.50. The summed E-state index contributed by atoms with van der Waals surface area (Å²) in [5, 5.41) is 0. The van der Waals surface area contributed by atoms with Crippen molar-refractivity contribution in [2.24, 2.45) is 5.92 Å². The van der Waals surface area contributed by atoms with Crippen molar-refractivity contribution in [2.75, 3.05) is 0 Å². The molecule has 1 atom stereocenters. The third-order valence-corrected chi connectivity index (χ3v) is 5.14. The van der Waals surface area contributed by atoms with Crippen LogP contribution in [0.4, 0.5) is 0 Å². The molecule has 0 bridgehead atoms. The van der Waals surface area contributed by atoms with Crippen LogP contribution >= 0.6 is 11.1 Å². The van der Waals surface area contributed by atoms with Crippen LogP contribution in [-0.2, 0) is 0 Å². The molecule has 2 heteroatoms. The Kier molecular flexibility index (Phi) is 4.72. The summed E-state index contributed by atoms with van der Waals surface area (Å²) in [5.74, 6) is 0.672. The highest BCUT2D eigenvalue weighted by Crippen LogP contribution is 2.33. The summed E-state index contributed by atoms with van der Waals surface area (Å²) in [4.78, 5) is 0. The zero-order valence-electron chi connectivity index (χ0n) is 8.32. The molecule has 1 radical (unpaired) electrons.